The van der Waals surface area contributed by atoms with E-state index < -0.39 is 17.6 Å². The van der Waals surface area contributed by atoms with Crippen molar-refractivity contribution < 1.29 is 17.9 Å². The Kier molecular flexibility index (Phi) is 7.22. The van der Waals surface area contributed by atoms with Gasteiger partial charge >= 0.3 is 12.1 Å². The van der Waals surface area contributed by atoms with E-state index >= 15 is 0 Å². The van der Waals surface area contributed by atoms with Crippen LogP contribution in [0.5, 0.6) is 5.75 Å². The third kappa shape index (κ3) is 5.80. The second-order valence-electron chi connectivity index (χ2n) is 8.29. The lowest BCUT2D eigenvalue weighted by atomic mass is 10.1. The second kappa shape index (κ2) is 10.3. The van der Waals surface area contributed by atoms with Gasteiger partial charge in [-0.15, -0.1) is 23.4 Å². The number of hydrogen-bond acceptors (Lipinski definition) is 7. The van der Waals surface area contributed by atoms with E-state index in [4.69, 9.17) is 0 Å². The van der Waals surface area contributed by atoms with E-state index in [0.29, 0.717) is 41.3 Å². The number of fused-ring (bicyclic) bond motifs is 1. The van der Waals surface area contributed by atoms with Gasteiger partial charge in [0, 0.05) is 19.5 Å². The fourth-order valence-corrected chi connectivity index (χ4v) is 3.84. The van der Waals surface area contributed by atoms with Crippen molar-refractivity contribution >= 4 is 11.2 Å². The van der Waals surface area contributed by atoms with Gasteiger partial charge in [-0.3, -0.25) is 13.9 Å². The Bertz CT molecular complexity index is 1470. The zero-order valence-corrected chi connectivity index (χ0v) is 19.7. The first kappa shape index (κ1) is 25.1. The van der Waals surface area contributed by atoms with Crippen LogP contribution in [-0.2, 0) is 26.1 Å². The summed E-state index contributed by atoms with van der Waals surface area (Å²) in [7, 11) is 0. The Morgan fingerprint density at radius 1 is 1.08 bits per heavy atom. The number of alkyl halides is 3. The third-order valence-corrected chi connectivity index (χ3v) is 5.44. The number of nitrogens with one attached hydrogen (secondary N) is 1. The predicted molar refractivity (Wildman–Crippen MR) is 123 cm³/mol. The number of benzene rings is 1. The third-order valence-electron chi connectivity index (χ3n) is 5.44. The first-order valence-corrected chi connectivity index (χ1v) is 11.5. The molecule has 1 aromatic carbocycles. The molecular weight excluding hydrogens is 481 g/mol. The van der Waals surface area contributed by atoms with Crippen molar-refractivity contribution in [3.8, 4) is 5.75 Å². The summed E-state index contributed by atoms with van der Waals surface area (Å²) in [5.74, 6) is 0.541. The van der Waals surface area contributed by atoms with Crippen LogP contribution < -0.4 is 16.0 Å². The number of hydrogen-bond donors (Lipinski definition) is 1. The van der Waals surface area contributed by atoms with Crippen LogP contribution in [0.15, 0.2) is 33.9 Å². The highest BCUT2D eigenvalue weighted by atomic mass is 19.4. The molecule has 0 radical (unpaired) electrons. The number of aromatic nitrogens is 8. The summed E-state index contributed by atoms with van der Waals surface area (Å²) in [6.07, 6.45) is -2.58. The van der Waals surface area contributed by atoms with Crippen molar-refractivity contribution in [3.63, 3.8) is 0 Å². The molecule has 0 fully saturated rings. The molecule has 0 aliphatic carbocycles. The SMILES string of the molecule is CCCCn1c(=O)n(CCCn2nnc(Cc3cccc(OC(F)(F)F)c3)n2)c(=O)c2[nH]c(C)nc21. The average Bonchev–Trinajstić information content (AvgIpc) is 3.41. The zero-order valence-electron chi connectivity index (χ0n) is 19.7. The van der Waals surface area contributed by atoms with Crippen molar-refractivity contribution in [1.29, 1.82) is 0 Å². The van der Waals surface area contributed by atoms with Gasteiger partial charge in [-0.25, -0.2) is 9.78 Å². The molecule has 36 heavy (non-hydrogen) atoms. The fraction of sp³-hybridized carbons (Fsp3) is 0.455. The highest BCUT2D eigenvalue weighted by Crippen LogP contribution is 2.23. The van der Waals surface area contributed by atoms with E-state index in [0.717, 1.165) is 12.8 Å². The molecule has 0 spiro atoms. The number of nitrogens with zero attached hydrogens (tertiary/aromatic N) is 7. The fourth-order valence-electron chi connectivity index (χ4n) is 3.84. The van der Waals surface area contributed by atoms with E-state index in [2.05, 4.69) is 30.1 Å². The smallest absolute Gasteiger partial charge is 0.406 e. The lowest BCUT2D eigenvalue weighted by molar-refractivity contribution is -0.274. The van der Waals surface area contributed by atoms with Gasteiger partial charge in [0.2, 0.25) is 0 Å². The molecule has 3 aromatic heterocycles. The van der Waals surface area contributed by atoms with Gasteiger partial charge in [0.15, 0.2) is 11.5 Å². The quantitative estimate of drug-likeness (QED) is 0.350. The van der Waals surface area contributed by atoms with Crippen LogP contribution in [0.25, 0.3) is 11.2 Å². The van der Waals surface area contributed by atoms with Crippen LogP contribution in [0.2, 0.25) is 0 Å². The monoisotopic (exact) mass is 506 g/mol. The molecule has 4 aromatic rings. The number of aryl methyl sites for hydroxylation is 3. The van der Waals surface area contributed by atoms with Crippen LogP contribution in [0.1, 0.15) is 43.4 Å². The average molecular weight is 506 g/mol. The highest BCUT2D eigenvalue weighted by Gasteiger charge is 2.31. The van der Waals surface area contributed by atoms with Crippen molar-refractivity contribution in [2.75, 3.05) is 0 Å². The zero-order chi connectivity index (χ0) is 25.9. The summed E-state index contributed by atoms with van der Waals surface area (Å²) >= 11 is 0. The van der Waals surface area contributed by atoms with E-state index in [1.54, 1.807) is 13.0 Å². The highest BCUT2D eigenvalue weighted by molar-refractivity contribution is 5.69. The summed E-state index contributed by atoms with van der Waals surface area (Å²) in [5, 5.41) is 12.1. The lowest BCUT2D eigenvalue weighted by Crippen LogP contribution is -2.40. The Hall–Kier alpha value is -3.97. The van der Waals surface area contributed by atoms with Crippen LogP contribution in [0.3, 0.4) is 0 Å². The second-order valence-corrected chi connectivity index (χ2v) is 8.29. The number of halogens is 3. The van der Waals surface area contributed by atoms with Gasteiger partial charge in [0.25, 0.3) is 5.56 Å². The Balaban J connectivity index is 1.44. The van der Waals surface area contributed by atoms with Crippen molar-refractivity contribution in [1.82, 2.24) is 39.3 Å². The molecule has 0 bridgehead atoms. The molecule has 0 aliphatic rings. The summed E-state index contributed by atoms with van der Waals surface area (Å²) in [6, 6.07) is 5.55. The summed E-state index contributed by atoms with van der Waals surface area (Å²) in [5.41, 5.74) is 0.330. The maximum absolute atomic E-state index is 13.0. The molecule has 14 heteroatoms. The molecule has 11 nitrogen and oxygen atoms in total. The van der Waals surface area contributed by atoms with Gasteiger partial charge in [-0.1, -0.05) is 25.5 Å². The maximum atomic E-state index is 13.0. The van der Waals surface area contributed by atoms with Crippen molar-refractivity contribution in [2.45, 2.75) is 65.5 Å². The molecule has 0 amide bonds. The normalized spacial score (nSPS) is 11.9. The number of imidazole rings is 1. The molecule has 3 heterocycles. The first-order chi connectivity index (χ1) is 17.1. The van der Waals surface area contributed by atoms with Gasteiger partial charge in [-0.2, -0.15) is 4.80 Å². The Morgan fingerprint density at radius 2 is 1.86 bits per heavy atom. The molecule has 1 N–H and O–H groups in total. The molecule has 0 saturated carbocycles. The molecule has 0 aliphatic heterocycles. The summed E-state index contributed by atoms with van der Waals surface area (Å²) in [4.78, 5) is 34.5. The number of rotatable bonds is 10. The van der Waals surface area contributed by atoms with Crippen LogP contribution >= 0.6 is 0 Å². The van der Waals surface area contributed by atoms with Gasteiger partial charge in [0.1, 0.15) is 17.1 Å². The summed E-state index contributed by atoms with van der Waals surface area (Å²) < 4.78 is 44.0. The topological polar surface area (TPSA) is 126 Å². The lowest BCUT2D eigenvalue weighted by Gasteiger charge is -2.10. The van der Waals surface area contributed by atoms with Crippen molar-refractivity contribution in [3.05, 3.63) is 62.3 Å². The molecule has 192 valence electrons. The predicted octanol–water partition coefficient (Wildman–Crippen LogP) is 2.56. The molecule has 4 rings (SSSR count). The van der Waals surface area contributed by atoms with E-state index in [-0.39, 0.29) is 25.3 Å². The number of tetrazole rings is 1. The minimum Gasteiger partial charge on any atom is -0.406 e. The first-order valence-electron chi connectivity index (χ1n) is 11.5. The Labute approximate surface area is 202 Å². The minimum absolute atomic E-state index is 0.144. The Morgan fingerprint density at radius 3 is 2.61 bits per heavy atom. The number of aromatic amines is 1. The van der Waals surface area contributed by atoms with E-state index in [9.17, 15) is 22.8 Å². The summed E-state index contributed by atoms with van der Waals surface area (Å²) in [6.45, 7) is 4.63. The molecule has 0 atom stereocenters. The van der Waals surface area contributed by atoms with Crippen LogP contribution in [0.4, 0.5) is 13.2 Å². The maximum Gasteiger partial charge on any atom is 0.573 e. The van der Waals surface area contributed by atoms with E-state index in [1.807, 2.05) is 6.92 Å². The van der Waals surface area contributed by atoms with Gasteiger partial charge in [-0.05, 0) is 42.7 Å². The number of H-pyrrole nitrogens is 1. The number of unbranched alkanes of at least 4 members (excludes halogenated alkanes) is 1. The van der Waals surface area contributed by atoms with Crippen LogP contribution in [0, 0.1) is 6.92 Å². The van der Waals surface area contributed by atoms with Gasteiger partial charge < -0.3 is 9.72 Å². The minimum atomic E-state index is -4.78. The van der Waals surface area contributed by atoms with Crippen molar-refractivity contribution in [2.24, 2.45) is 0 Å². The number of ether oxygens (including phenoxy) is 1. The van der Waals surface area contributed by atoms with Crippen LogP contribution in [-0.4, -0.2) is 45.7 Å². The molecule has 0 unspecified atom stereocenters. The molecular formula is C22H25F3N8O3. The van der Waals surface area contributed by atoms with E-state index in [1.165, 1.54) is 32.1 Å². The largest absolute Gasteiger partial charge is 0.573 e. The standard InChI is InChI=1S/C22H25F3N8O3/c1-3-4-9-31-19-18(26-14(2)27-19)20(34)32(21(31)35)10-6-11-33-29-17(28-30-33)13-15-7-5-8-16(12-15)36-22(23,24)25/h5,7-8,12H,3-4,6,9-11,13H2,1-2H3,(H,26,27). The van der Waals surface area contributed by atoms with Gasteiger partial charge in [0.05, 0.1) is 6.54 Å². The molecule has 0 saturated heterocycles.